The molecule has 0 spiro atoms. The zero-order valence-corrected chi connectivity index (χ0v) is 20.8. The molecule has 3 aromatic carbocycles. The van der Waals surface area contributed by atoms with Gasteiger partial charge in [-0.05, 0) is 66.8 Å². The van der Waals surface area contributed by atoms with Crippen LogP contribution >= 0.6 is 0 Å². The zero-order valence-electron chi connectivity index (χ0n) is 20.8. The van der Waals surface area contributed by atoms with Crippen LogP contribution in [0.1, 0.15) is 29.5 Å². The number of hydrogen-bond donors (Lipinski definition) is 3. The van der Waals surface area contributed by atoms with Crippen LogP contribution in [0, 0.1) is 6.92 Å². The number of hydrogen-bond acceptors (Lipinski definition) is 4. The number of carboxylic acids is 1. The van der Waals surface area contributed by atoms with Gasteiger partial charge in [-0.1, -0.05) is 42.5 Å². The first kappa shape index (κ1) is 25.8. The maximum atomic E-state index is 13.0. The Morgan fingerprint density at radius 2 is 1.73 bits per heavy atom. The van der Waals surface area contributed by atoms with Crippen LogP contribution in [-0.4, -0.2) is 47.1 Å². The Morgan fingerprint density at radius 3 is 2.49 bits per heavy atom. The van der Waals surface area contributed by atoms with E-state index in [0.29, 0.717) is 30.2 Å². The smallest absolute Gasteiger partial charge is 0.323 e. The van der Waals surface area contributed by atoms with Gasteiger partial charge in [0.2, 0.25) is 5.91 Å². The topological polar surface area (TPSA) is 108 Å². The maximum absolute atomic E-state index is 13.0. The third-order valence-corrected chi connectivity index (χ3v) is 6.35. The lowest BCUT2D eigenvalue weighted by atomic mass is 10.1. The van der Waals surface area contributed by atoms with Crippen LogP contribution in [0.4, 0.5) is 16.2 Å². The quantitative estimate of drug-likeness (QED) is 0.387. The molecule has 0 aliphatic carbocycles. The molecule has 0 aromatic heterocycles. The van der Waals surface area contributed by atoms with E-state index in [1.54, 1.807) is 36.4 Å². The highest BCUT2D eigenvalue weighted by molar-refractivity contribution is 6.00. The molecule has 3 aromatic rings. The number of ether oxygens (including phenoxy) is 1. The van der Waals surface area contributed by atoms with Crippen molar-refractivity contribution >= 4 is 29.3 Å². The number of anilines is 2. The van der Waals surface area contributed by atoms with Crippen molar-refractivity contribution in [3.63, 3.8) is 0 Å². The maximum Gasteiger partial charge on any atom is 0.323 e. The minimum atomic E-state index is -0.890. The van der Waals surface area contributed by atoms with Crippen molar-refractivity contribution in [3.05, 3.63) is 89.5 Å². The second-order valence-electron chi connectivity index (χ2n) is 9.18. The van der Waals surface area contributed by atoms with Gasteiger partial charge >= 0.3 is 12.0 Å². The summed E-state index contributed by atoms with van der Waals surface area (Å²) in [5, 5.41) is 14.6. The van der Waals surface area contributed by atoms with Crippen LogP contribution < -0.4 is 15.4 Å². The van der Waals surface area contributed by atoms with Gasteiger partial charge in [0.1, 0.15) is 12.4 Å². The molecule has 3 amide bonds. The number of para-hydroxylation sites is 1. The van der Waals surface area contributed by atoms with Crippen LogP contribution in [0.15, 0.2) is 72.8 Å². The van der Waals surface area contributed by atoms with E-state index in [-0.39, 0.29) is 30.8 Å². The summed E-state index contributed by atoms with van der Waals surface area (Å²) in [6, 6.07) is 21.5. The first-order valence-corrected chi connectivity index (χ1v) is 12.3. The highest BCUT2D eigenvalue weighted by Gasteiger charge is 2.29. The molecular formula is C29H31N3O5. The lowest BCUT2D eigenvalue weighted by molar-refractivity contribution is -0.136. The van der Waals surface area contributed by atoms with Crippen molar-refractivity contribution in [1.29, 1.82) is 0 Å². The van der Waals surface area contributed by atoms with Gasteiger partial charge in [0, 0.05) is 17.9 Å². The molecule has 1 atom stereocenters. The van der Waals surface area contributed by atoms with E-state index < -0.39 is 5.97 Å². The van der Waals surface area contributed by atoms with Crippen molar-refractivity contribution in [2.75, 3.05) is 23.8 Å². The molecule has 1 saturated heterocycles. The number of carbonyl (C=O) groups is 3. The molecule has 0 radical (unpaired) electrons. The summed E-state index contributed by atoms with van der Waals surface area (Å²) in [6.45, 7) is 2.98. The number of nitrogens with one attached hydrogen (secondary N) is 2. The third-order valence-electron chi connectivity index (χ3n) is 6.35. The van der Waals surface area contributed by atoms with Crippen molar-refractivity contribution in [3.8, 4) is 5.75 Å². The van der Waals surface area contributed by atoms with E-state index in [0.717, 1.165) is 29.7 Å². The Kier molecular flexibility index (Phi) is 8.40. The molecule has 1 fully saturated rings. The van der Waals surface area contributed by atoms with Gasteiger partial charge < -0.3 is 25.4 Å². The predicted octanol–water partition coefficient (Wildman–Crippen LogP) is 4.88. The molecule has 4 rings (SSSR count). The summed E-state index contributed by atoms with van der Waals surface area (Å²) < 4.78 is 5.91. The number of aryl methyl sites for hydroxylation is 1. The van der Waals surface area contributed by atoms with E-state index in [1.165, 1.54) is 0 Å². The lowest BCUT2D eigenvalue weighted by Gasteiger charge is -2.25. The average Bonchev–Trinajstić information content (AvgIpc) is 3.34. The summed E-state index contributed by atoms with van der Waals surface area (Å²) >= 11 is 0. The minimum absolute atomic E-state index is 0.0262. The van der Waals surface area contributed by atoms with E-state index in [2.05, 4.69) is 10.6 Å². The molecule has 8 heteroatoms. The van der Waals surface area contributed by atoms with Crippen LogP contribution in [0.25, 0.3) is 0 Å². The molecule has 1 unspecified atom stereocenters. The molecule has 0 saturated carbocycles. The molecule has 8 nitrogen and oxygen atoms in total. The number of urea groups is 1. The van der Waals surface area contributed by atoms with Gasteiger partial charge in [-0.2, -0.15) is 0 Å². The van der Waals surface area contributed by atoms with Crippen LogP contribution in [0.5, 0.6) is 5.75 Å². The van der Waals surface area contributed by atoms with E-state index in [9.17, 15) is 14.4 Å². The zero-order chi connectivity index (χ0) is 26.2. The molecule has 3 N–H and O–H groups in total. The molecular weight excluding hydrogens is 470 g/mol. The van der Waals surface area contributed by atoms with Gasteiger partial charge in [-0.3, -0.25) is 9.59 Å². The summed E-state index contributed by atoms with van der Waals surface area (Å²) in [6.07, 6.45) is 1.98. The third kappa shape index (κ3) is 7.33. The summed E-state index contributed by atoms with van der Waals surface area (Å²) in [5.74, 6) is -0.254. The fourth-order valence-electron chi connectivity index (χ4n) is 4.43. The fourth-order valence-corrected chi connectivity index (χ4v) is 4.43. The standard InChI is InChI=1S/C29H31N3O5/c1-20-6-2-3-10-26(20)31-29(36)30-23-13-11-21(12-14-23)17-27(33)32-15-5-8-24(32)19-37-25-9-4-7-22(16-25)18-28(34)35/h2-4,6-7,9-14,16,24H,5,8,15,17-19H2,1H3,(H,34,35)(H2,30,31,36). The van der Waals surface area contributed by atoms with Gasteiger partial charge in [0.15, 0.2) is 0 Å². The van der Waals surface area contributed by atoms with Gasteiger partial charge in [-0.15, -0.1) is 0 Å². The van der Waals surface area contributed by atoms with Crippen LogP contribution in [-0.2, 0) is 22.4 Å². The van der Waals surface area contributed by atoms with Crippen LogP contribution in [0.3, 0.4) is 0 Å². The Bertz CT molecular complexity index is 1260. The number of amides is 3. The van der Waals surface area contributed by atoms with Gasteiger partial charge in [0.05, 0.1) is 18.9 Å². The molecule has 192 valence electrons. The first-order chi connectivity index (χ1) is 17.9. The number of benzene rings is 3. The Hall–Kier alpha value is -4.33. The van der Waals surface area contributed by atoms with Crippen molar-refractivity contribution in [1.82, 2.24) is 4.90 Å². The van der Waals surface area contributed by atoms with Crippen LogP contribution in [0.2, 0.25) is 0 Å². The summed E-state index contributed by atoms with van der Waals surface area (Å²) in [5.41, 5.74) is 3.90. The van der Waals surface area contributed by atoms with Gasteiger partial charge in [-0.25, -0.2) is 4.79 Å². The Morgan fingerprint density at radius 1 is 0.946 bits per heavy atom. The molecule has 0 bridgehead atoms. The fraction of sp³-hybridized carbons (Fsp3) is 0.276. The van der Waals surface area contributed by atoms with Crippen molar-refractivity contribution in [2.24, 2.45) is 0 Å². The number of carboxylic acid groups (broad SMARTS) is 1. The highest BCUT2D eigenvalue weighted by Crippen LogP contribution is 2.22. The number of nitrogens with zero attached hydrogens (tertiary/aromatic N) is 1. The highest BCUT2D eigenvalue weighted by atomic mass is 16.5. The summed E-state index contributed by atoms with van der Waals surface area (Å²) in [7, 11) is 0. The monoisotopic (exact) mass is 501 g/mol. The molecule has 1 aliphatic rings. The molecule has 1 heterocycles. The van der Waals surface area contributed by atoms with Crippen molar-refractivity contribution in [2.45, 2.75) is 38.6 Å². The predicted molar refractivity (Wildman–Crippen MR) is 142 cm³/mol. The normalized spacial score (nSPS) is 14.7. The number of aliphatic carboxylic acids is 1. The summed E-state index contributed by atoms with van der Waals surface area (Å²) in [4.78, 5) is 38.2. The number of likely N-dealkylation sites (tertiary alicyclic amines) is 1. The second kappa shape index (κ2) is 12.1. The van der Waals surface area contributed by atoms with E-state index in [1.807, 2.05) is 48.2 Å². The average molecular weight is 502 g/mol. The number of rotatable bonds is 9. The molecule has 37 heavy (non-hydrogen) atoms. The SMILES string of the molecule is Cc1ccccc1NC(=O)Nc1ccc(CC(=O)N2CCCC2COc2cccc(CC(=O)O)c2)cc1. The van der Waals surface area contributed by atoms with E-state index >= 15 is 0 Å². The van der Waals surface area contributed by atoms with E-state index in [4.69, 9.17) is 9.84 Å². The minimum Gasteiger partial charge on any atom is -0.491 e. The molecule has 1 aliphatic heterocycles. The van der Waals surface area contributed by atoms with Crippen molar-refractivity contribution < 1.29 is 24.2 Å². The number of carbonyl (C=O) groups excluding carboxylic acids is 2. The Labute approximate surface area is 216 Å². The second-order valence-corrected chi connectivity index (χ2v) is 9.18. The lowest BCUT2D eigenvalue weighted by Crippen LogP contribution is -2.39. The first-order valence-electron chi connectivity index (χ1n) is 12.3. The Balaban J connectivity index is 1.28. The van der Waals surface area contributed by atoms with Gasteiger partial charge in [0.25, 0.3) is 0 Å². The largest absolute Gasteiger partial charge is 0.491 e.